The van der Waals surface area contributed by atoms with Gasteiger partial charge in [0.05, 0.1) is 6.04 Å². The second-order valence-corrected chi connectivity index (χ2v) is 7.20. The van der Waals surface area contributed by atoms with Crippen molar-refractivity contribution in [1.82, 2.24) is 0 Å². The normalized spacial score (nSPS) is 12.8. The van der Waals surface area contributed by atoms with Crippen molar-refractivity contribution < 1.29 is 0 Å². The summed E-state index contributed by atoms with van der Waals surface area (Å²) in [6, 6.07) is 7.98. The molecule has 5 heteroatoms. The van der Waals surface area contributed by atoms with Gasteiger partial charge in [0.25, 0.3) is 0 Å². The van der Waals surface area contributed by atoms with E-state index in [2.05, 4.69) is 50.9 Å². The highest BCUT2D eigenvalue weighted by Crippen LogP contribution is 2.37. The molecule has 90 valence electrons. The summed E-state index contributed by atoms with van der Waals surface area (Å²) in [6.45, 7) is 2.06. The molecule has 0 aliphatic heterocycles. The van der Waals surface area contributed by atoms with E-state index in [9.17, 15) is 0 Å². The predicted molar refractivity (Wildman–Crippen MR) is 81.9 cm³/mol. The minimum absolute atomic E-state index is 0.138. The van der Waals surface area contributed by atoms with Gasteiger partial charge in [-0.05, 0) is 52.2 Å². The Morgan fingerprint density at radius 1 is 1.29 bits per heavy atom. The van der Waals surface area contributed by atoms with Crippen molar-refractivity contribution in [1.29, 1.82) is 0 Å². The summed E-state index contributed by atoms with van der Waals surface area (Å²) in [5.41, 5.74) is 8.58. The van der Waals surface area contributed by atoms with Crippen LogP contribution < -0.4 is 5.73 Å². The van der Waals surface area contributed by atoms with Crippen molar-refractivity contribution in [3.63, 3.8) is 0 Å². The highest BCUT2D eigenvalue weighted by atomic mass is 79.9. The second kappa shape index (κ2) is 5.41. The third-order valence-electron chi connectivity index (χ3n) is 2.55. The van der Waals surface area contributed by atoms with Gasteiger partial charge in [-0.2, -0.15) is 0 Å². The molecule has 2 aromatic rings. The van der Waals surface area contributed by atoms with Crippen LogP contribution in [0.15, 0.2) is 33.2 Å². The van der Waals surface area contributed by atoms with Crippen molar-refractivity contribution in [3.8, 4) is 0 Å². The molecule has 1 aromatic heterocycles. The van der Waals surface area contributed by atoms with Crippen LogP contribution in [-0.2, 0) is 0 Å². The first kappa shape index (κ1) is 13.6. The Morgan fingerprint density at radius 2 is 2.00 bits per heavy atom. The molecule has 2 rings (SSSR count). The molecule has 17 heavy (non-hydrogen) atoms. The number of aryl methyl sites for hydroxylation is 1. The summed E-state index contributed by atoms with van der Waals surface area (Å²) in [6.07, 6.45) is 0. The Bertz CT molecular complexity index is 534. The van der Waals surface area contributed by atoms with Crippen molar-refractivity contribution >= 4 is 54.8 Å². The van der Waals surface area contributed by atoms with E-state index in [0.717, 1.165) is 23.7 Å². The van der Waals surface area contributed by atoms with Gasteiger partial charge in [0.2, 0.25) is 0 Å². The van der Waals surface area contributed by atoms with Crippen LogP contribution >= 0.6 is 54.8 Å². The van der Waals surface area contributed by atoms with Gasteiger partial charge >= 0.3 is 0 Å². The van der Waals surface area contributed by atoms with Crippen LogP contribution in [0, 0.1) is 6.92 Å². The fourth-order valence-electron chi connectivity index (χ4n) is 1.62. The first-order valence-corrected chi connectivity index (χ1v) is 7.73. The van der Waals surface area contributed by atoms with Crippen LogP contribution in [0.5, 0.6) is 0 Å². The number of nitrogens with two attached hydrogens (primary N) is 1. The van der Waals surface area contributed by atoms with Gasteiger partial charge in [-0.1, -0.05) is 33.6 Å². The SMILES string of the molecule is Cc1ccc(Br)cc1C(N)c1cc(Br)c(Cl)s1. The van der Waals surface area contributed by atoms with Gasteiger partial charge in [0.1, 0.15) is 4.34 Å². The molecule has 1 unspecified atom stereocenters. The maximum atomic E-state index is 6.28. The van der Waals surface area contributed by atoms with E-state index >= 15 is 0 Å². The Kier molecular flexibility index (Phi) is 4.31. The van der Waals surface area contributed by atoms with Gasteiger partial charge < -0.3 is 5.73 Å². The summed E-state index contributed by atoms with van der Waals surface area (Å²) in [7, 11) is 0. The summed E-state index contributed by atoms with van der Waals surface area (Å²) in [5, 5.41) is 0. The summed E-state index contributed by atoms with van der Waals surface area (Å²) in [5.74, 6) is 0. The number of halogens is 3. The Morgan fingerprint density at radius 3 is 2.59 bits per heavy atom. The highest BCUT2D eigenvalue weighted by Gasteiger charge is 2.16. The average Bonchev–Trinajstić information content (AvgIpc) is 2.62. The zero-order valence-corrected chi connectivity index (χ0v) is 13.8. The smallest absolute Gasteiger partial charge is 0.107 e. The van der Waals surface area contributed by atoms with Crippen LogP contribution in [-0.4, -0.2) is 0 Å². The van der Waals surface area contributed by atoms with E-state index in [0.29, 0.717) is 0 Å². The summed E-state index contributed by atoms with van der Waals surface area (Å²) < 4.78 is 2.68. The third kappa shape index (κ3) is 2.93. The van der Waals surface area contributed by atoms with E-state index < -0.39 is 0 Å². The van der Waals surface area contributed by atoms with E-state index in [-0.39, 0.29) is 6.04 Å². The van der Waals surface area contributed by atoms with Gasteiger partial charge in [0.15, 0.2) is 0 Å². The maximum Gasteiger partial charge on any atom is 0.107 e. The Labute approximate surface area is 126 Å². The lowest BCUT2D eigenvalue weighted by Gasteiger charge is -2.13. The molecule has 1 heterocycles. The van der Waals surface area contributed by atoms with Crippen LogP contribution in [0.1, 0.15) is 22.0 Å². The quantitative estimate of drug-likeness (QED) is 0.735. The molecule has 0 radical (unpaired) electrons. The highest BCUT2D eigenvalue weighted by molar-refractivity contribution is 9.10. The van der Waals surface area contributed by atoms with Crippen LogP contribution in [0.3, 0.4) is 0 Å². The standard InChI is InChI=1S/C12H10Br2ClNS/c1-6-2-3-7(13)4-8(6)11(16)10-5-9(14)12(15)17-10/h2-5,11H,16H2,1H3. The van der Waals surface area contributed by atoms with E-state index in [4.69, 9.17) is 17.3 Å². The lowest BCUT2D eigenvalue weighted by atomic mass is 10.0. The third-order valence-corrected chi connectivity index (χ3v) is 5.60. The molecule has 0 amide bonds. The summed E-state index contributed by atoms with van der Waals surface area (Å²) >= 11 is 14.4. The van der Waals surface area contributed by atoms with Crippen LogP contribution in [0.25, 0.3) is 0 Å². The zero-order chi connectivity index (χ0) is 12.6. The molecule has 1 atom stereocenters. The number of hydrogen-bond donors (Lipinski definition) is 1. The second-order valence-electron chi connectivity index (χ2n) is 3.75. The molecule has 1 aromatic carbocycles. The number of hydrogen-bond acceptors (Lipinski definition) is 2. The molecular formula is C12H10Br2ClNS. The summed E-state index contributed by atoms with van der Waals surface area (Å²) in [4.78, 5) is 1.06. The lowest BCUT2D eigenvalue weighted by molar-refractivity contribution is 0.881. The number of rotatable bonds is 2. The van der Waals surface area contributed by atoms with E-state index in [1.807, 2.05) is 12.1 Å². The fraction of sp³-hybridized carbons (Fsp3) is 0.167. The van der Waals surface area contributed by atoms with Crippen molar-refractivity contribution in [3.05, 3.63) is 53.6 Å². The lowest BCUT2D eigenvalue weighted by Crippen LogP contribution is -2.11. The molecule has 2 N–H and O–H groups in total. The molecule has 0 saturated carbocycles. The molecule has 0 aliphatic rings. The topological polar surface area (TPSA) is 26.0 Å². The van der Waals surface area contributed by atoms with Gasteiger partial charge in [-0.15, -0.1) is 11.3 Å². The molecule has 0 spiro atoms. The Hall–Kier alpha value is 0.130. The van der Waals surface area contributed by atoms with Crippen molar-refractivity contribution in [2.75, 3.05) is 0 Å². The molecule has 0 fully saturated rings. The molecule has 0 aliphatic carbocycles. The zero-order valence-electron chi connectivity index (χ0n) is 9.01. The minimum atomic E-state index is -0.138. The van der Waals surface area contributed by atoms with Gasteiger partial charge in [0, 0.05) is 13.8 Å². The first-order valence-electron chi connectivity index (χ1n) is 4.95. The van der Waals surface area contributed by atoms with Crippen molar-refractivity contribution in [2.24, 2.45) is 5.73 Å². The fourth-order valence-corrected chi connectivity index (χ4v) is 3.75. The van der Waals surface area contributed by atoms with Crippen LogP contribution in [0.2, 0.25) is 4.34 Å². The average molecular weight is 396 g/mol. The van der Waals surface area contributed by atoms with Gasteiger partial charge in [-0.3, -0.25) is 0 Å². The number of benzene rings is 1. The molecule has 1 nitrogen and oxygen atoms in total. The Balaban J connectivity index is 2.42. The predicted octanol–water partition coefficient (Wildman–Crippen LogP) is 5.28. The maximum absolute atomic E-state index is 6.28. The molecular weight excluding hydrogens is 385 g/mol. The number of thiophene rings is 1. The van der Waals surface area contributed by atoms with E-state index in [1.54, 1.807) is 0 Å². The van der Waals surface area contributed by atoms with Gasteiger partial charge in [-0.25, -0.2) is 0 Å². The van der Waals surface area contributed by atoms with Crippen LogP contribution in [0.4, 0.5) is 0 Å². The molecule has 0 saturated heterocycles. The first-order chi connectivity index (χ1) is 7.99. The van der Waals surface area contributed by atoms with Crippen molar-refractivity contribution in [2.45, 2.75) is 13.0 Å². The minimum Gasteiger partial charge on any atom is -0.320 e. The molecule has 0 bridgehead atoms. The largest absolute Gasteiger partial charge is 0.320 e. The monoisotopic (exact) mass is 393 g/mol. The van der Waals surface area contributed by atoms with E-state index in [1.165, 1.54) is 16.9 Å².